The molecule has 0 fully saturated rings. The molecule has 0 spiro atoms. The molecule has 4 nitrogen and oxygen atoms in total. The first-order valence-corrected chi connectivity index (χ1v) is 8.07. The molecule has 1 aliphatic carbocycles. The monoisotopic (exact) mass is 302 g/mol. The van der Waals surface area contributed by atoms with Gasteiger partial charge in [0.2, 0.25) is 0 Å². The summed E-state index contributed by atoms with van der Waals surface area (Å²) in [6.45, 7) is 2.11. The van der Waals surface area contributed by atoms with E-state index in [1.165, 1.54) is 47.1 Å². The molecule has 0 radical (unpaired) electrons. The molecule has 0 bridgehead atoms. The third-order valence-corrected chi connectivity index (χ3v) is 5.30. The van der Waals surface area contributed by atoms with Gasteiger partial charge in [0.25, 0.3) is 5.69 Å². The van der Waals surface area contributed by atoms with Crippen LogP contribution in [0.3, 0.4) is 0 Å². The zero-order chi connectivity index (χ0) is 14.8. The number of thiophene rings is 1. The highest BCUT2D eigenvalue weighted by Crippen LogP contribution is 2.34. The van der Waals surface area contributed by atoms with E-state index < -0.39 is 0 Å². The first-order valence-electron chi connectivity index (χ1n) is 7.26. The number of rotatable bonds is 4. The van der Waals surface area contributed by atoms with Gasteiger partial charge in [-0.1, -0.05) is 6.07 Å². The van der Waals surface area contributed by atoms with Crippen LogP contribution in [-0.2, 0) is 12.8 Å². The predicted octanol–water partition coefficient (Wildman–Crippen LogP) is 4.71. The molecule has 2 aromatic rings. The van der Waals surface area contributed by atoms with E-state index in [1.807, 2.05) is 17.4 Å². The summed E-state index contributed by atoms with van der Waals surface area (Å²) in [4.78, 5) is 13.3. The van der Waals surface area contributed by atoms with E-state index in [9.17, 15) is 10.1 Å². The Morgan fingerprint density at radius 2 is 2.10 bits per heavy atom. The van der Waals surface area contributed by atoms with E-state index in [0.717, 1.165) is 5.69 Å². The van der Waals surface area contributed by atoms with Crippen molar-refractivity contribution in [2.75, 3.05) is 5.32 Å². The van der Waals surface area contributed by atoms with Gasteiger partial charge < -0.3 is 5.32 Å². The van der Waals surface area contributed by atoms with Gasteiger partial charge in [-0.2, -0.15) is 0 Å². The number of hydrogen-bond donors (Lipinski definition) is 1. The minimum atomic E-state index is -0.361. The second-order valence-electron chi connectivity index (χ2n) is 5.48. The summed E-state index contributed by atoms with van der Waals surface area (Å²) in [6, 6.07) is 9.16. The van der Waals surface area contributed by atoms with Crippen LogP contribution in [0.2, 0.25) is 0 Å². The van der Waals surface area contributed by atoms with Crippen molar-refractivity contribution >= 4 is 22.7 Å². The second kappa shape index (κ2) is 5.85. The third kappa shape index (κ3) is 3.08. The van der Waals surface area contributed by atoms with Crippen LogP contribution in [0.25, 0.3) is 0 Å². The Bertz CT molecular complexity index is 643. The average Bonchev–Trinajstić information content (AvgIpc) is 2.91. The van der Waals surface area contributed by atoms with Crippen LogP contribution in [-0.4, -0.2) is 4.92 Å². The number of benzene rings is 1. The van der Waals surface area contributed by atoms with E-state index in [-0.39, 0.29) is 16.7 Å². The van der Waals surface area contributed by atoms with Crippen molar-refractivity contribution in [1.29, 1.82) is 0 Å². The highest BCUT2D eigenvalue weighted by atomic mass is 32.1. The van der Waals surface area contributed by atoms with Crippen molar-refractivity contribution in [3.8, 4) is 0 Å². The molecule has 110 valence electrons. The second-order valence-corrected chi connectivity index (χ2v) is 6.65. The lowest BCUT2D eigenvalue weighted by Gasteiger charge is -2.13. The van der Waals surface area contributed by atoms with Crippen LogP contribution >= 0.6 is 11.3 Å². The molecule has 0 aliphatic heterocycles. The number of hydrogen-bond acceptors (Lipinski definition) is 4. The summed E-state index contributed by atoms with van der Waals surface area (Å²) in [5.74, 6) is 0. The summed E-state index contributed by atoms with van der Waals surface area (Å²) in [5, 5.41) is 14.2. The Morgan fingerprint density at radius 1 is 1.29 bits per heavy atom. The molecule has 1 atom stereocenters. The highest BCUT2D eigenvalue weighted by molar-refractivity contribution is 7.12. The van der Waals surface area contributed by atoms with Gasteiger partial charge in [-0.05, 0) is 50.3 Å². The zero-order valence-electron chi connectivity index (χ0n) is 12.0. The van der Waals surface area contributed by atoms with Gasteiger partial charge in [0.15, 0.2) is 0 Å². The summed E-state index contributed by atoms with van der Waals surface area (Å²) in [5.41, 5.74) is 2.41. The van der Waals surface area contributed by atoms with E-state index in [0.29, 0.717) is 0 Å². The molecule has 1 heterocycles. The molecular weight excluding hydrogens is 284 g/mol. The van der Waals surface area contributed by atoms with Crippen LogP contribution in [0, 0.1) is 10.1 Å². The van der Waals surface area contributed by atoms with Gasteiger partial charge in [-0.15, -0.1) is 11.3 Å². The normalized spacial score (nSPS) is 15.3. The smallest absolute Gasteiger partial charge is 0.271 e. The Kier molecular flexibility index (Phi) is 3.92. The van der Waals surface area contributed by atoms with Gasteiger partial charge in [-0.3, -0.25) is 10.1 Å². The van der Waals surface area contributed by atoms with Gasteiger partial charge in [0.05, 0.1) is 11.0 Å². The Balaban J connectivity index is 1.76. The summed E-state index contributed by atoms with van der Waals surface area (Å²) < 4.78 is 0. The predicted molar refractivity (Wildman–Crippen MR) is 86.1 cm³/mol. The van der Waals surface area contributed by atoms with Crippen LogP contribution in [0.1, 0.15) is 41.1 Å². The molecular formula is C16H18N2O2S. The van der Waals surface area contributed by atoms with Crippen LogP contribution in [0.5, 0.6) is 0 Å². The quantitative estimate of drug-likeness (QED) is 0.657. The fourth-order valence-electron chi connectivity index (χ4n) is 2.76. The van der Waals surface area contributed by atoms with Crippen molar-refractivity contribution in [2.45, 2.75) is 38.6 Å². The lowest BCUT2D eigenvalue weighted by Crippen LogP contribution is -2.05. The number of aryl methyl sites for hydroxylation is 2. The topological polar surface area (TPSA) is 55.2 Å². The van der Waals surface area contributed by atoms with Crippen molar-refractivity contribution < 1.29 is 4.92 Å². The Morgan fingerprint density at radius 3 is 2.86 bits per heavy atom. The van der Waals surface area contributed by atoms with Gasteiger partial charge in [-0.25, -0.2) is 0 Å². The summed E-state index contributed by atoms with van der Waals surface area (Å²) in [6.07, 6.45) is 4.97. The average molecular weight is 302 g/mol. The van der Waals surface area contributed by atoms with E-state index in [4.69, 9.17) is 0 Å². The minimum absolute atomic E-state index is 0.123. The fraction of sp³-hybridized carbons (Fsp3) is 0.375. The number of nitrogens with one attached hydrogen (secondary N) is 1. The standard InChI is InChI=1S/C16H18N2O2S/c1-11(16-9-12-5-2-3-8-15(12)21-16)17-13-6-4-7-14(10-13)18(19)20/h4,6-7,9-11,17H,2-3,5,8H2,1H3. The SMILES string of the molecule is CC(Nc1cccc([N+](=O)[O-])c1)c1cc2c(s1)CCCC2. The number of anilines is 1. The molecule has 0 saturated heterocycles. The van der Waals surface area contributed by atoms with E-state index in [2.05, 4.69) is 18.3 Å². The number of nitro groups is 1. The largest absolute Gasteiger partial charge is 0.378 e. The fourth-order valence-corrected chi connectivity index (χ4v) is 4.02. The van der Waals surface area contributed by atoms with Crippen molar-refractivity contribution in [1.82, 2.24) is 0 Å². The molecule has 0 amide bonds. The molecule has 3 rings (SSSR count). The van der Waals surface area contributed by atoms with Gasteiger partial charge >= 0.3 is 0 Å². The van der Waals surface area contributed by atoms with Crippen molar-refractivity contribution in [3.05, 3.63) is 55.8 Å². The van der Waals surface area contributed by atoms with Crippen LogP contribution < -0.4 is 5.32 Å². The number of nitro benzene ring substituents is 1. The number of nitrogens with zero attached hydrogens (tertiary/aromatic N) is 1. The van der Waals surface area contributed by atoms with E-state index in [1.54, 1.807) is 12.1 Å². The molecule has 1 aromatic heterocycles. The first kappa shape index (κ1) is 14.1. The molecule has 0 saturated carbocycles. The highest BCUT2D eigenvalue weighted by Gasteiger charge is 2.17. The molecule has 21 heavy (non-hydrogen) atoms. The first-order chi connectivity index (χ1) is 10.1. The molecule has 1 aromatic carbocycles. The Hall–Kier alpha value is -1.88. The van der Waals surface area contributed by atoms with Gasteiger partial charge in [0.1, 0.15) is 0 Å². The summed E-state index contributed by atoms with van der Waals surface area (Å²) >= 11 is 1.88. The van der Waals surface area contributed by atoms with E-state index >= 15 is 0 Å². The molecule has 1 unspecified atom stereocenters. The maximum Gasteiger partial charge on any atom is 0.271 e. The number of non-ortho nitro benzene ring substituents is 1. The minimum Gasteiger partial charge on any atom is -0.378 e. The molecule has 5 heteroatoms. The third-order valence-electron chi connectivity index (χ3n) is 3.88. The van der Waals surface area contributed by atoms with Crippen molar-refractivity contribution in [2.24, 2.45) is 0 Å². The molecule has 1 aliphatic rings. The lowest BCUT2D eigenvalue weighted by atomic mass is 9.99. The Labute approximate surface area is 128 Å². The summed E-state index contributed by atoms with van der Waals surface area (Å²) in [7, 11) is 0. The van der Waals surface area contributed by atoms with Crippen LogP contribution in [0.15, 0.2) is 30.3 Å². The van der Waals surface area contributed by atoms with Crippen LogP contribution in [0.4, 0.5) is 11.4 Å². The number of fused-ring (bicyclic) bond motifs is 1. The lowest BCUT2D eigenvalue weighted by molar-refractivity contribution is -0.384. The van der Waals surface area contributed by atoms with Crippen molar-refractivity contribution in [3.63, 3.8) is 0 Å². The molecule has 1 N–H and O–H groups in total. The van der Waals surface area contributed by atoms with Gasteiger partial charge in [0, 0.05) is 27.6 Å². The maximum atomic E-state index is 10.8. The zero-order valence-corrected chi connectivity index (χ0v) is 12.8. The maximum absolute atomic E-state index is 10.8.